The van der Waals surface area contributed by atoms with Crippen LogP contribution in [0.15, 0.2) is 24.3 Å². The molecule has 158 valence electrons. The zero-order valence-corrected chi connectivity index (χ0v) is 18.6. The maximum absolute atomic E-state index is 11.6. The van der Waals surface area contributed by atoms with E-state index in [-0.39, 0.29) is 5.41 Å². The second kappa shape index (κ2) is 9.62. The second-order valence-corrected chi connectivity index (χ2v) is 10.8. The minimum absolute atomic E-state index is 0.232. The van der Waals surface area contributed by atoms with Crippen molar-refractivity contribution in [2.24, 2.45) is 0 Å². The van der Waals surface area contributed by atoms with Crippen molar-refractivity contribution in [1.29, 1.82) is 0 Å². The highest BCUT2D eigenvalue weighted by Gasteiger charge is 2.43. The molecule has 3 rings (SSSR count). The Morgan fingerprint density at radius 2 is 1.93 bits per heavy atom. The fourth-order valence-electron chi connectivity index (χ4n) is 5.33. The zero-order valence-electron chi connectivity index (χ0n) is 17.8. The van der Waals surface area contributed by atoms with E-state index in [1.165, 1.54) is 95.5 Å². The van der Waals surface area contributed by atoms with Crippen LogP contribution in [0.2, 0.25) is 0 Å². The summed E-state index contributed by atoms with van der Waals surface area (Å²) >= 11 is 0. The molecule has 5 heteroatoms. The fraction of sp³-hybridized carbons (Fsp3) is 0.739. The molecule has 0 spiro atoms. The standard InChI is InChI=1S/C23H38N2O2S/c1-3-4-5-6-7-8-16-25-17-15-23(14-10-13-22(25)19-23)20-11-9-12-21(18-20)24-28(2,26)27/h9,11-12,18,22,24H,3-8,10,13-17,19H2,1-2H3. The number of hydrogen-bond acceptors (Lipinski definition) is 3. The first-order chi connectivity index (χ1) is 13.4. The number of sulfonamides is 1. The molecule has 1 aromatic rings. The summed E-state index contributed by atoms with van der Waals surface area (Å²) in [6.07, 6.45) is 15.6. The molecule has 2 aliphatic rings. The SMILES string of the molecule is CCCCCCCCN1CCC2(c3cccc(NS(C)(=O)=O)c3)CCCC1C2. The van der Waals surface area contributed by atoms with Crippen molar-refractivity contribution in [3.63, 3.8) is 0 Å². The van der Waals surface area contributed by atoms with Crippen molar-refractivity contribution in [3.05, 3.63) is 29.8 Å². The van der Waals surface area contributed by atoms with E-state index in [2.05, 4.69) is 28.7 Å². The third kappa shape index (κ3) is 5.73. The number of rotatable bonds is 10. The van der Waals surface area contributed by atoms with Crippen LogP contribution in [0.4, 0.5) is 5.69 Å². The smallest absolute Gasteiger partial charge is 0.229 e. The molecule has 2 fully saturated rings. The topological polar surface area (TPSA) is 49.4 Å². The van der Waals surface area contributed by atoms with E-state index in [1.54, 1.807) is 0 Å². The van der Waals surface area contributed by atoms with Crippen LogP contribution >= 0.6 is 0 Å². The maximum Gasteiger partial charge on any atom is 0.229 e. The Morgan fingerprint density at radius 1 is 1.14 bits per heavy atom. The highest BCUT2D eigenvalue weighted by molar-refractivity contribution is 7.92. The average molecular weight is 407 g/mol. The summed E-state index contributed by atoms with van der Waals surface area (Å²) in [5.41, 5.74) is 2.26. The first-order valence-corrected chi connectivity index (χ1v) is 13.1. The summed E-state index contributed by atoms with van der Waals surface area (Å²) in [5, 5.41) is 0. The van der Waals surface area contributed by atoms with Crippen LogP contribution in [0.25, 0.3) is 0 Å². The molecule has 1 aliphatic heterocycles. The number of hydrogen-bond donors (Lipinski definition) is 1. The summed E-state index contributed by atoms with van der Waals surface area (Å²) in [4.78, 5) is 2.75. The summed E-state index contributed by atoms with van der Waals surface area (Å²) in [5.74, 6) is 0. The van der Waals surface area contributed by atoms with Crippen LogP contribution < -0.4 is 4.72 Å². The Balaban J connectivity index is 1.60. The van der Waals surface area contributed by atoms with E-state index in [9.17, 15) is 8.42 Å². The number of unbranched alkanes of at least 4 members (excludes halogenated alkanes) is 5. The van der Waals surface area contributed by atoms with Crippen LogP contribution in [0, 0.1) is 0 Å². The van der Waals surface area contributed by atoms with Crippen molar-refractivity contribution in [2.45, 2.75) is 89.0 Å². The minimum atomic E-state index is -3.23. The lowest BCUT2D eigenvalue weighted by molar-refractivity contribution is 0.0503. The van der Waals surface area contributed by atoms with Gasteiger partial charge < -0.3 is 4.90 Å². The fourth-order valence-corrected chi connectivity index (χ4v) is 5.89. The molecule has 1 heterocycles. The molecular weight excluding hydrogens is 368 g/mol. The Hall–Kier alpha value is -1.07. The Kier molecular flexibility index (Phi) is 7.43. The molecule has 0 aromatic heterocycles. The normalized spacial score (nSPS) is 25.6. The van der Waals surface area contributed by atoms with Gasteiger partial charge in [0.2, 0.25) is 10.0 Å². The van der Waals surface area contributed by atoms with Gasteiger partial charge in [0.15, 0.2) is 0 Å². The lowest BCUT2D eigenvalue weighted by Gasteiger charge is -2.51. The lowest BCUT2D eigenvalue weighted by Crippen LogP contribution is -2.51. The number of piperidine rings is 1. The van der Waals surface area contributed by atoms with Crippen LogP contribution in [0.3, 0.4) is 0 Å². The average Bonchev–Trinajstić information content (AvgIpc) is 2.65. The molecule has 1 saturated carbocycles. The highest BCUT2D eigenvalue weighted by Crippen LogP contribution is 2.47. The molecule has 1 aliphatic carbocycles. The maximum atomic E-state index is 11.6. The molecule has 0 radical (unpaired) electrons. The number of likely N-dealkylation sites (tertiary alicyclic amines) is 1. The molecule has 1 aromatic carbocycles. The van der Waals surface area contributed by atoms with Gasteiger partial charge in [0.05, 0.1) is 6.26 Å². The van der Waals surface area contributed by atoms with Gasteiger partial charge in [-0.3, -0.25) is 4.72 Å². The Morgan fingerprint density at radius 3 is 2.71 bits per heavy atom. The van der Waals surface area contributed by atoms with Gasteiger partial charge in [-0.2, -0.15) is 0 Å². The predicted molar refractivity (Wildman–Crippen MR) is 118 cm³/mol. The van der Waals surface area contributed by atoms with Crippen molar-refractivity contribution < 1.29 is 8.42 Å². The number of benzene rings is 1. The van der Waals surface area contributed by atoms with Gasteiger partial charge in [0.25, 0.3) is 0 Å². The first-order valence-electron chi connectivity index (χ1n) is 11.2. The van der Waals surface area contributed by atoms with Crippen LogP contribution in [-0.2, 0) is 15.4 Å². The third-order valence-corrected chi connectivity index (χ3v) is 7.40. The second-order valence-electron chi connectivity index (χ2n) is 9.04. The Labute approximate surface area is 172 Å². The molecule has 2 unspecified atom stereocenters. The minimum Gasteiger partial charge on any atom is -0.300 e. The van der Waals surface area contributed by atoms with Crippen LogP contribution in [0.1, 0.15) is 83.1 Å². The van der Waals surface area contributed by atoms with Crippen molar-refractivity contribution in [2.75, 3.05) is 24.1 Å². The van der Waals surface area contributed by atoms with E-state index in [4.69, 9.17) is 0 Å². The number of nitrogens with zero attached hydrogens (tertiary/aromatic N) is 1. The quantitative estimate of drug-likeness (QED) is 0.536. The molecule has 2 atom stereocenters. The molecule has 28 heavy (non-hydrogen) atoms. The van der Waals surface area contributed by atoms with E-state index < -0.39 is 10.0 Å². The molecule has 0 amide bonds. The molecule has 4 nitrogen and oxygen atoms in total. The summed E-state index contributed by atoms with van der Waals surface area (Å²) in [6, 6.07) is 8.84. The number of nitrogens with one attached hydrogen (secondary N) is 1. The number of fused-ring (bicyclic) bond motifs is 2. The first kappa shape index (κ1) is 21.6. The molecule has 1 N–H and O–H groups in total. The van der Waals surface area contributed by atoms with Gasteiger partial charge in [-0.25, -0.2) is 8.42 Å². The largest absolute Gasteiger partial charge is 0.300 e. The van der Waals surface area contributed by atoms with E-state index in [0.717, 1.165) is 0 Å². The highest BCUT2D eigenvalue weighted by atomic mass is 32.2. The van der Waals surface area contributed by atoms with Crippen LogP contribution in [0.5, 0.6) is 0 Å². The van der Waals surface area contributed by atoms with Crippen molar-refractivity contribution >= 4 is 15.7 Å². The molecule has 2 bridgehead atoms. The van der Waals surface area contributed by atoms with E-state index in [0.29, 0.717) is 11.7 Å². The van der Waals surface area contributed by atoms with Crippen LogP contribution in [-0.4, -0.2) is 38.7 Å². The lowest BCUT2D eigenvalue weighted by atomic mass is 9.63. The Bertz CT molecular complexity index is 734. The van der Waals surface area contributed by atoms with Gasteiger partial charge in [-0.15, -0.1) is 0 Å². The summed E-state index contributed by atoms with van der Waals surface area (Å²) < 4.78 is 25.9. The summed E-state index contributed by atoms with van der Waals surface area (Å²) in [6.45, 7) is 4.71. The zero-order chi connectivity index (χ0) is 20.0. The number of anilines is 1. The summed E-state index contributed by atoms with van der Waals surface area (Å²) in [7, 11) is -3.23. The van der Waals surface area contributed by atoms with Crippen molar-refractivity contribution in [3.8, 4) is 0 Å². The van der Waals surface area contributed by atoms with Gasteiger partial charge in [0, 0.05) is 11.7 Å². The third-order valence-electron chi connectivity index (χ3n) is 6.79. The van der Waals surface area contributed by atoms with Gasteiger partial charge in [0.1, 0.15) is 0 Å². The van der Waals surface area contributed by atoms with Gasteiger partial charge in [-0.05, 0) is 68.3 Å². The van der Waals surface area contributed by atoms with E-state index >= 15 is 0 Å². The molecule has 1 saturated heterocycles. The van der Waals surface area contributed by atoms with Crippen molar-refractivity contribution in [1.82, 2.24) is 4.90 Å². The predicted octanol–water partition coefficient (Wildman–Crippen LogP) is 5.30. The van der Waals surface area contributed by atoms with E-state index in [1.807, 2.05) is 12.1 Å². The monoisotopic (exact) mass is 406 g/mol. The van der Waals surface area contributed by atoms with Gasteiger partial charge in [-0.1, -0.05) is 57.6 Å². The van der Waals surface area contributed by atoms with Gasteiger partial charge >= 0.3 is 0 Å². The molecular formula is C23H38N2O2S.